The van der Waals surface area contributed by atoms with Crippen LogP contribution in [-0.2, 0) is 10.0 Å². The van der Waals surface area contributed by atoms with Crippen molar-refractivity contribution in [3.05, 3.63) is 44.6 Å². The lowest BCUT2D eigenvalue weighted by Gasteiger charge is -2.08. The summed E-state index contributed by atoms with van der Waals surface area (Å²) >= 11 is 14.8. The third-order valence-electron chi connectivity index (χ3n) is 2.20. The largest absolute Gasteiger partial charge is 0.284 e. The molecule has 0 amide bonds. The topological polar surface area (TPSA) is 52.0 Å². The number of hydrogen-bond donors (Lipinski definition) is 0. The van der Waals surface area contributed by atoms with Gasteiger partial charge in [-0.05, 0) is 41.1 Å². The van der Waals surface area contributed by atoms with E-state index in [1.165, 1.54) is 18.3 Å². The van der Waals surface area contributed by atoms with Gasteiger partial charge in [0, 0.05) is 10.7 Å². The number of hydrogen-bond acceptors (Lipinski definition) is 3. The molecular formula is C10H7BrCl2N2O2S. The zero-order chi connectivity index (χ0) is 13.5. The molecule has 0 radical (unpaired) electrons. The van der Waals surface area contributed by atoms with Crippen molar-refractivity contribution in [1.29, 1.82) is 0 Å². The van der Waals surface area contributed by atoms with Gasteiger partial charge in [-0.25, -0.2) is 0 Å². The number of halogens is 3. The molecule has 0 saturated heterocycles. The van der Waals surface area contributed by atoms with Crippen molar-refractivity contribution in [3.63, 3.8) is 0 Å². The van der Waals surface area contributed by atoms with E-state index in [4.69, 9.17) is 23.2 Å². The van der Waals surface area contributed by atoms with Crippen molar-refractivity contribution in [3.8, 4) is 0 Å². The Balaban J connectivity index is 2.65. The van der Waals surface area contributed by atoms with Gasteiger partial charge in [0.1, 0.15) is 4.90 Å². The summed E-state index contributed by atoms with van der Waals surface area (Å²) in [6.45, 7) is 1.70. The normalized spacial score (nSPS) is 11.8. The molecule has 0 N–H and O–H groups in total. The Morgan fingerprint density at radius 3 is 2.44 bits per heavy atom. The van der Waals surface area contributed by atoms with E-state index in [0.717, 1.165) is 4.09 Å². The predicted octanol–water partition coefficient (Wildman–Crippen LogP) is 3.50. The summed E-state index contributed by atoms with van der Waals surface area (Å²) < 4.78 is 25.8. The van der Waals surface area contributed by atoms with Crippen LogP contribution in [0.4, 0.5) is 0 Å². The highest BCUT2D eigenvalue weighted by atomic mass is 79.9. The maximum atomic E-state index is 12.3. The summed E-state index contributed by atoms with van der Waals surface area (Å²) in [6, 6.07) is 4.33. The van der Waals surface area contributed by atoms with Gasteiger partial charge in [0.25, 0.3) is 10.0 Å². The van der Waals surface area contributed by atoms with Crippen molar-refractivity contribution in [1.82, 2.24) is 9.19 Å². The van der Waals surface area contributed by atoms with Gasteiger partial charge in [0.15, 0.2) is 0 Å². The van der Waals surface area contributed by atoms with Crippen molar-refractivity contribution in [2.75, 3.05) is 0 Å². The minimum atomic E-state index is -3.77. The SMILES string of the molecule is Cc1ccn(S(=O)(=O)c2cc(Cl)c(Cl)cc2Br)n1. The second-order valence-corrected chi connectivity index (χ2v) is 6.96. The fourth-order valence-corrected chi connectivity index (χ4v) is 4.04. The molecule has 0 atom stereocenters. The van der Waals surface area contributed by atoms with E-state index in [-0.39, 0.29) is 14.9 Å². The van der Waals surface area contributed by atoms with E-state index < -0.39 is 10.0 Å². The predicted molar refractivity (Wildman–Crippen MR) is 73.7 cm³/mol. The first-order valence-corrected chi connectivity index (χ1v) is 7.73. The van der Waals surface area contributed by atoms with E-state index in [1.807, 2.05) is 0 Å². The molecule has 0 aliphatic rings. The third-order valence-corrected chi connectivity index (χ3v) is 5.43. The van der Waals surface area contributed by atoms with Gasteiger partial charge in [0.05, 0.1) is 15.7 Å². The van der Waals surface area contributed by atoms with Crippen LogP contribution >= 0.6 is 39.1 Å². The Kier molecular flexibility index (Phi) is 3.73. The monoisotopic (exact) mass is 368 g/mol. The number of aryl methyl sites for hydroxylation is 1. The van der Waals surface area contributed by atoms with Crippen molar-refractivity contribution in [2.24, 2.45) is 0 Å². The number of rotatable bonds is 2. The van der Waals surface area contributed by atoms with E-state index >= 15 is 0 Å². The molecule has 0 aliphatic carbocycles. The average molecular weight is 370 g/mol. The van der Waals surface area contributed by atoms with Crippen molar-refractivity contribution >= 4 is 49.2 Å². The van der Waals surface area contributed by atoms with E-state index in [1.54, 1.807) is 13.0 Å². The Hall–Kier alpha value is -0.560. The number of nitrogens with zero attached hydrogens (tertiary/aromatic N) is 2. The van der Waals surface area contributed by atoms with Crippen molar-refractivity contribution in [2.45, 2.75) is 11.8 Å². The molecule has 1 heterocycles. The Morgan fingerprint density at radius 2 is 1.89 bits per heavy atom. The first-order chi connectivity index (χ1) is 8.32. The fraction of sp³-hybridized carbons (Fsp3) is 0.100. The van der Waals surface area contributed by atoms with Crippen molar-refractivity contribution < 1.29 is 8.42 Å². The van der Waals surface area contributed by atoms with Crippen LogP contribution in [0.15, 0.2) is 33.8 Å². The van der Waals surface area contributed by atoms with Gasteiger partial charge >= 0.3 is 0 Å². The Bertz CT molecular complexity index is 713. The molecule has 0 fully saturated rings. The molecule has 4 nitrogen and oxygen atoms in total. The Morgan fingerprint density at radius 1 is 1.28 bits per heavy atom. The van der Waals surface area contributed by atoms with Crippen LogP contribution in [0.5, 0.6) is 0 Å². The number of benzene rings is 1. The lowest BCUT2D eigenvalue weighted by atomic mass is 10.4. The van der Waals surface area contributed by atoms with Crippen LogP contribution in [0.1, 0.15) is 5.69 Å². The Labute approximate surface area is 123 Å². The van der Waals surface area contributed by atoms with E-state index in [9.17, 15) is 8.42 Å². The molecule has 96 valence electrons. The fourth-order valence-electron chi connectivity index (χ4n) is 1.33. The van der Waals surface area contributed by atoms with Gasteiger partial charge in [-0.2, -0.15) is 17.6 Å². The van der Waals surface area contributed by atoms with Gasteiger partial charge in [0.2, 0.25) is 0 Å². The first-order valence-electron chi connectivity index (χ1n) is 4.75. The molecule has 0 aliphatic heterocycles. The summed E-state index contributed by atoms with van der Waals surface area (Å²) in [7, 11) is -3.77. The molecule has 8 heteroatoms. The van der Waals surface area contributed by atoms with Gasteiger partial charge in [-0.3, -0.25) is 0 Å². The van der Waals surface area contributed by atoms with E-state index in [0.29, 0.717) is 10.2 Å². The zero-order valence-electron chi connectivity index (χ0n) is 9.06. The quantitative estimate of drug-likeness (QED) is 0.761. The van der Waals surface area contributed by atoms with Crippen LogP contribution in [0, 0.1) is 6.92 Å². The van der Waals surface area contributed by atoms with Crippen LogP contribution in [0.25, 0.3) is 0 Å². The molecule has 0 bridgehead atoms. The van der Waals surface area contributed by atoms with Crippen LogP contribution < -0.4 is 0 Å². The van der Waals surface area contributed by atoms with Crippen LogP contribution in [-0.4, -0.2) is 17.6 Å². The summed E-state index contributed by atoms with van der Waals surface area (Å²) in [5, 5.41) is 4.33. The highest BCUT2D eigenvalue weighted by Gasteiger charge is 2.22. The molecular weight excluding hydrogens is 363 g/mol. The molecule has 0 unspecified atom stereocenters. The molecule has 1 aromatic heterocycles. The third kappa shape index (κ3) is 2.42. The standard InChI is InChI=1S/C10H7BrCl2N2O2S/c1-6-2-3-15(14-6)18(16,17)10-5-9(13)8(12)4-7(10)11/h2-5H,1H3. The van der Waals surface area contributed by atoms with Crippen LogP contribution in [0.3, 0.4) is 0 Å². The average Bonchev–Trinajstić information content (AvgIpc) is 2.70. The minimum absolute atomic E-state index is 0.0139. The highest BCUT2D eigenvalue weighted by molar-refractivity contribution is 9.10. The second-order valence-electron chi connectivity index (χ2n) is 3.53. The summed E-state index contributed by atoms with van der Waals surface area (Å²) in [5.74, 6) is 0. The molecule has 2 rings (SSSR count). The lowest BCUT2D eigenvalue weighted by molar-refractivity contribution is 0.579. The summed E-state index contributed by atoms with van der Waals surface area (Å²) in [4.78, 5) is 0.0139. The second kappa shape index (κ2) is 4.85. The molecule has 0 spiro atoms. The van der Waals surface area contributed by atoms with Crippen LogP contribution in [0.2, 0.25) is 10.0 Å². The lowest BCUT2D eigenvalue weighted by Crippen LogP contribution is -2.14. The van der Waals surface area contributed by atoms with Gasteiger partial charge < -0.3 is 0 Å². The van der Waals surface area contributed by atoms with Gasteiger partial charge in [-0.1, -0.05) is 23.2 Å². The summed E-state index contributed by atoms with van der Waals surface area (Å²) in [5.41, 5.74) is 0.606. The molecule has 2 aromatic rings. The maximum absolute atomic E-state index is 12.3. The molecule has 0 saturated carbocycles. The molecule has 1 aromatic carbocycles. The summed E-state index contributed by atoms with van der Waals surface area (Å²) in [6.07, 6.45) is 1.37. The first kappa shape index (κ1) is 13.9. The highest BCUT2D eigenvalue weighted by Crippen LogP contribution is 2.32. The van der Waals surface area contributed by atoms with Gasteiger partial charge in [-0.15, -0.1) is 0 Å². The smallest absolute Gasteiger partial charge is 0.199 e. The number of aromatic nitrogens is 2. The maximum Gasteiger partial charge on any atom is 0.284 e. The zero-order valence-corrected chi connectivity index (χ0v) is 13.0. The minimum Gasteiger partial charge on any atom is -0.199 e. The molecule has 18 heavy (non-hydrogen) atoms. The van der Waals surface area contributed by atoms with E-state index in [2.05, 4.69) is 21.0 Å².